The Hall–Kier alpha value is -1.00. The van der Waals surface area contributed by atoms with Crippen LogP contribution in [0.3, 0.4) is 0 Å². The second-order valence-corrected chi connectivity index (χ2v) is 13.4. The maximum atomic E-state index is 10.7. The molecule has 1 aromatic carbocycles. The van der Waals surface area contributed by atoms with Crippen LogP contribution in [0, 0.1) is 0 Å². The van der Waals surface area contributed by atoms with Crippen molar-refractivity contribution in [3.8, 4) is 22.8 Å². The van der Waals surface area contributed by atoms with E-state index in [2.05, 4.69) is 20.7 Å². The number of benzene rings is 1. The zero-order valence-corrected chi connectivity index (χ0v) is 18.8. The lowest BCUT2D eigenvalue weighted by atomic mass is 10.1. The van der Waals surface area contributed by atoms with Crippen molar-refractivity contribution in [1.82, 2.24) is 4.72 Å². The van der Waals surface area contributed by atoms with Gasteiger partial charge in [0.2, 0.25) is 25.0 Å². The summed E-state index contributed by atoms with van der Waals surface area (Å²) in [5, 5.41) is 11.2. The first-order chi connectivity index (χ1) is 12.1. The highest BCUT2D eigenvalue weighted by atomic mass is 79.9. The van der Waals surface area contributed by atoms with Gasteiger partial charge in [-0.3, -0.25) is 0 Å². The lowest BCUT2D eigenvalue weighted by Crippen LogP contribution is -2.29. The fraction of sp³-hybridized carbons (Fsp3) is 0.375. The van der Waals surface area contributed by atoms with Gasteiger partial charge in [-0.1, -0.05) is 39.7 Å². The summed E-state index contributed by atoms with van der Waals surface area (Å²) in [6.07, 6.45) is 0.417. The highest BCUT2D eigenvalue weighted by Crippen LogP contribution is 2.49. The molecular formula is C16H21BrClNO5SSi. The zero-order valence-electron chi connectivity index (χ0n) is 14.6. The molecule has 26 heavy (non-hydrogen) atoms. The van der Waals surface area contributed by atoms with Gasteiger partial charge in [-0.25, -0.2) is 13.1 Å². The average molecular weight is 483 g/mol. The first-order valence-electron chi connectivity index (χ1n) is 7.91. The van der Waals surface area contributed by atoms with E-state index in [0.29, 0.717) is 22.8 Å². The summed E-state index contributed by atoms with van der Waals surface area (Å²) in [5.74, 6) is 0.796. The lowest BCUT2D eigenvalue weighted by Gasteiger charge is -2.20. The van der Waals surface area contributed by atoms with E-state index in [-0.39, 0.29) is 28.6 Å². The predicted molar refractivity (Wildman–Crippen MR) is 109 cm³/mol. The van der Waals surface area contributed by atoms with Crippen LogP contribution in [0.5, 0.6) is 11.5 Å². The minimum Gasteiger partial charge on any atom is -0.539 e. The monoisotopic (exact) mass is 481 g/mol. The second kappa shape index (κ2) is 8.79. The Kier molecular flexibility index (Phi) is 7.20. The number of aromatic hydroxyl groups is 1. The van der Waals surface area contributed by atoms with Crippen molar-refractivity contribution < 1.29 is 22.4 Å². The average Bonchev–Trinajstić information content (AvgIpc) is 2.83. The molecule has 0 aliphatic rings. The van der Waals surface area contributed by atoms with E-state index in [1.807, 2.05) is 19.6 Å². The van der Waals surface area contributed by atoms with Crippen molar-refractivity contribution in [3.63, 3.8) is 0 Å². The fourth-order valence-corrected chi connectivity index (χ4v) is 4.15. The molecule has 2 N–H and O–H groups in total. The summed E-state index contributed by atoms with van der Waals surface area (Å²) in [6, 6.07) is 7.03. The van der Waals surface area contributed by atoms with Crippen LogP contribution < -0.4 is 9.15 Å². The highest BCUT2D eigenvalue weighted by Gasteiger charge is 2.31. The Labute approximate surface area is 168 Å². The summed E-state index contributed by atoms with van der Waals surface area (Å²) >= 11 is 9.72. The van der Waals surface area contributed by atoms with E-state index in [9.17, 15) is 13.5 Å². The molecule has 2 rings (SSSR count). The third kappa shape index (κ3) is 5.50. The van der Waals surface area contributed by atoms with Crippen LogP contribution in [-0.4, -0.2) is 28.4 Å². The van der Waals surface area contributed by atoms with Gasteiger partial charge >= 0.3 is 0 Å². The Bertz CT molecular complexity index is 842. The van der Waals surface area contributed by atoms with Crippen molar-refractivity contribution in [1.29, 1.82) is 0 Å². The van der Waals surface area contributed by atoms with E-state index in [1.165, 1.54) is 0 Å². The molecule has 0 aliphatic carbocycles. The summed E-state index contributed by atoms with van der Waals surface area (Å²) in [5.41, 5.74) is 0.554. The maximum absolute atomic E-state index is 10.7. The summed E-state index contributed by atoms with van der Waals surface area (Å²) in [7, 11) is -4.71. The predicted octanol–water partition coefficient (Wildman–Crippen LogP) is 4.46. The Balaban J connectivity index is 2.45. The van der Waals surface area contributed by atoms with Gasteiger partial charge in [-0.2, -0.15) is 0 Å². The fourth-order valence-electron chi connectivity index (χ4n) is 2.28. The highest BCUT2D eigenvalue weighted by molar-refractivity contribution is 9.09. The molecule has 2 aromatic rings. The molecule has 1 unspecified atom stereocenters. The number of hydrogen-bond acceptors (Lipinski definition) is 5. The van der Waals surface area contributed by atoms with Crippen molar-refractivity contribution in [3.05, 3.63) is 35.0 Å². The van der Waals surface area contributed by atoms with Gasteiger partial charge in [-0.05, 0) is 38.2 Å². The Morgan fingerprint density at radius 2 is 2.00 bits per heavy atom. The van der Waals surface area contributed by atoms with Crippen LogP contribution in [0.1, 0.15) is 17.0 Å². The van der Waals surface area contributed by atoms with E-state index in [0.717, 1.165) is 0 Å². The standard InChI is InChI=1S/C16H21BrClNO5SSi/c1-26(2,3)24-16-13(20)14(10-6-4-5-7-12(10)18)23-15(16)11(17)8-9-19-25(21)22/h4-7,11,20,25H,8-9H2,1-3H3,(H,19,21,22). The molecule has 6 nitrogen and oxygen atoms in total. The topological polar surface area (TPSA) is 88.8 Å². The van der Waals surface area contributed by atoms with Crippen LogP contribution in [0.4, 0.5) is 0 Å². The Morgan fingerprint density at radius 3 is 2.58 bits per heavy atom. The van der Waals surface area contributed by atoms with Crippen molar-refractivity contribution in [2.45, 2.75) is 30.9 Å². The number of thiol groups is 1. The third-order valence-electron chi connectivity index (χ3n) is 3.32. The van der Waals surface area contributed by atoms with Crippen LogP contribution in [0.2, 0.25) is 24.7 Å². The van der Waals surface area contributed by atoms with E-state index < -0.39 is 19.2 Å². The van der Waals surface area contributed by atoms with Gasteiger partial charge in [0.25, 0.3) is 0 Å². The van der Waals surface area contributed by atoms with E-state index >= 15 is 0 Å². The zero-order chi connectivity index (χ0) is 19.5. The normalized spacial score (nSPS) is 13.2. The SMILES string of the molecule is C[Si](C)(C)Oc1c(C(Br)CCN[SH](=O)=O)oc(-c2ccccc2Cl)c1O. The number of halogens is 2. The molecule has 0 saturated carbocycles. The molecule has 1 aromatic heterocycles. The van der Waals surface area contributed by atoms with Crippen molar-refractivity contribution >= 4 is 46.7 Å². The molecule has 0 bridgehead atoms. The number of alkyl halides is 1. The van der Waals surface area contributed by atoms with Gasteiger partial charge in [0.1, 0.15) is 0 Å². The van der Waals surface area contributed by atoms with Gasteiger partial charge in [-0.15, -0.1) is 0 Å². The molecule has 0 aliphatic heterocycles. The molecule has 1 heterocycles. The van der Waals surface area contributed by atoms with Crippen LogP contribution in [0.15, 0.2) is 28.7 Å². The summed E-state index contributed by atoms with van der Waals surface area (Å²) in [6.45, 7) is 6.20. The molecule has 0 saturated heterocycles. The molecule has 10 heteroatoms. The van der Waals surface area contributed by atoms with Crippen LogP contribution in [0.25, 0.3) is 11.3 Å². The molecule has 1 atom stereocenters. The summed E-state index contributed by atoms with van der Waals surface area (Å²) in [4.78, 5) is -0.349. The van der Waals surface area contributed by atoms with Gasteiger partial charge in [0, 0.05) is 12.1 Å². The second-order valence-electron chi connectivity index (χ2n) is 6.59. The number of rotatable bonds is 8. The lowest BCUT2D eigenvalue weighted by molar-refractivity contribution is 0.438. The van der Waals surface area contributed by atoms with Crippen LogP contribution >= 0.6 is 27.5 Å². The number of furan rings is 1. The van der Waals surface area contributed by atoms with Crippen molar-refractivity contribution in [2.75, 3.05) is 6.54 Å². The first kappa shape index (κ1) is 21.3. The number of hydrogen-bond donors (Lipinski definition) is 3. The molecule has 0 radical (unpaired) electrons. The molecule has 0 amide bonds. The quantitative estimate of drug-likeness (QED) is 0.294. The third-order valence-corrected chi connectivity index (χ3v) is 5.82. The number of nitrogens with one attached hydrogen (secondary N) is 1. The maximum Gasteiger partial charge on any atom is 0.242 e. The molecule has 0 fully saturated rings. The van der Waals surface area contributed by atoms with Gasteiger partial charge in [0.15, 0.2) is 17.3 Å². The Morgan fingerprint density at radius 1 is 1.35 bits per heavy atom. The molecule has 144 valence electrons. The minimum absolute atomic E-state index is 0.108. The van der Waals surface area contributed by atoms with E-state index in [1.54, 1.807) is 24.3 Å². The largest absolute Gasteiger partial charge is 0.539 e. The summed E-state index contributed by atoms with van der Waals surface area (Å²) < 4.78 is 35.6. The van der Waals surface area contributed by atoms with Crippen LogP contribution in [-0.2, 0) is 10.9 Å². The molecular weight excluding hydrogens is 462 g/mol. The first-order valence-corrected chi connectivity index (χ1v) is 13.8. The molecule has 0 spiro atoms. The minimum atomic E-state index is -2.66. The van der Waals surface area contributed by atoms with Gasteiger partial charge in [0.05, 0.1) is 9.85 Å². The smallest absolute Gasteiger partial charge is 0.242 e. The van der Waals surface area contributed by atoms with Crippen molar-refractivity contribution in [2.24, 2.45) is 0 Å². The van der Waals surface area contributed by atoms with Gasteiger partial charge < -0.3 is 13.9 Å². The van der Waals surface area contributed by atoms with E-state index in [4.69, 9.17) is 20.4 Å².